The third kappa shape index (κ3) is 3.31. The predicted octanol–water partition coefficient (Wildman–Crippen LogP) is 5.60. The van der Waals surface area contributed by atoms with Gasteiger partial charge in [-0.05, 0) is 28.8 Å². The summed E-state index contributed by atoms with van der Waals surface area (Å²) in [6, 6.07) is 28.5. The Morgan fingerprint density at radius 1 is 0.840 bits per heavy atom. The molecule has 1 aliphatic heterocycles. The molecule has 1 atom stereocenters. The van der Waals surface area contributed by atoms with Crippen LogP contribution in [0.25, 0.3) is 0 Å². The lowest BCUT2D eigenvalue weighted by Crippen LogP contribution is -2.29. The summed E-state index contributed by atoms with van der Waals surface area (Å²) in [5.41, 5.74) is 3.91. The van der Waals surface area contributed by atoms with Gasteiger partial charge in [0.1, 0.15) is 0 Å². The lowest BCUT2D eigenvalue weighted by molar-refractivity contribution is -0.0230. The molecule has 0 bridgehead atoms. The molecule has 1 unspecified atom stereocenters. The lowest BCUT2D eigenvalue weighted by atomic mass is 9.82. The van der Waals surface area contributed by atoms with Crippen molar-refractivity contribution in [2.75, 3.05) is 0 Å². The number of rotatable bonds is 4. The Morgan fingerprint density at radius 3 is 2.16 bits per heavy atom. The average Bonchev–Trinajstić information content (AvgIpc) is 3.09. The van der Waals surface area contributed by atoms with Gasteiger partial charge in [0.25, 0.3) is 0 Å². The molecule has 0 radical (unpaired) electrons. The van der Waals surface area contributed by atoms with Gasteiger partial charge in [0, 0.05) is 17.9 Å². The highest BCUT2D eigenvalue weighted by atomic mass is 35.5. The van der Waals surface area contributed by atoms with Gasteiger partial charge < -0.3 is 4.84 Å². The van der Waals surface area contributed by atoms with E-state index in [2.05, 4.69) is 41.6 Å². The molecule has 1 heterocycles. The minimum Gasteiger partial charge on any atom is -0.383 e. The summed E-state index contributed by atoms with van der Waals surface area (Å²) in [5.74, 6) is 0. The van der Waals surface area contributed by atoms with Gasteiger partial charge in [0.15, 0.2) is 5.60 Å². The molecule has 1 aliphatic rings. The molecular formula is C22H18ClNO. The minimum absolute atomic E-state index is 0.475. The SMILES string of the molecule is Clc1ccc(C2=NOC(Cc3ccccc3)(c3ccccc3)C2)cc1. The average molecular weight is 348 g/mol. The van der Waals surface area contributed by atoms with E-state index in [9.17, 15) is 0 Å². The first-order valence-corrected chi connectivity index (χ1v) is 8.73. The molecule has 0 amide bonds. The molecule has 2 nitrogen and oxygen atoms in total. The van der Waals surface area contributed by atoms with E-state index in [0.29, 0.717) is 0 Å². The van der Waals surface area contributed by atoms with E-state index in [0.717, 1.165) is 34.7 Å². The maximum atomic E-state index is 6.08. The van der Waals surface area contributed by atoms with Crippen molar-refractivity contribution in [1.29, 1.82) is 0 Å². The normalized spacial score (nSPS) is 19.3. The molecule has 25 heavy (non-hydrogen) atoms. The zero-order chi connectivity index (χ0) is 17.1. The lowest BCUT2D eigenvalue weighted by Gasteiger charge is -2.27. The van der Waals surface area contributed by atoms with Crippen LogP contribution in [0.15, 0.2) is 90.1 Å². The zero-order valence-electron chi connectivity index (χ0n) is 13.7. The molecule has 3 aromatic carbocycles. The number of benzene rings is 3. The van der Waals surface area contributed by atoms with E-state index >= 15 is 0 Å². The van der Waals surface area contributed by atoms with Gasteiger partial charge >= 0.3 is 0 Å². The molecule has 0 aromatic heterocycles. The molecule has 0 aliphatic carbocycles. The van der Waals surface area contributed by atoms with Gasteiger partial charge in [0.2, 0.25) is 0 Å². The van der Waals surface area contributed by atoms with Crippen LogP contribution in [0.4, 0.5) is 0 Å². The fraction of sp³-hybridized carbons (Fsp3) is 0.136. The molecule has 4 rings (SSSR count). The topological polar surface area (TPSA) is 21.6 Å². The summed E-state index contributed by atoms with van der Waals surface area (Å²) < 4.78 is 0. The van der Waals surface area contributed by atoms with Crippen LogP contribution in [0.3, 0.4) is 0 Å². The number of nitrogens with zero attached hydrogens (tertiary/aromatic N) is 1. The van der Waals surface area contributed by atoms with Gasteiger partial charge in [-0.2, -0.15) is 0 Å². The predicted molar refractivity (Wildman–Crippen MR) is 102 cm³/mol. The number of hydrogen-bond acceptors (Lipinski definition) is 2. The maximum absolute atomic E-state index is 6.08. The summed E-state index contributed by atoms with van der Waals surface area (Å²) in [6.07, 6.45) is 1.51. The molecule has 0 saturated carbocycles. The van der Waals surface area contributed by atoms with Crippen LogP contribution >= 0.6 is 11.6 Å². The fourth-order valence-corrected chi connectivity index (χ4v) is 3.42. The summed E-state index contributed by atoms with van der Waals surface area (Å²) in [4.78, 5) is 6.08. The summed E-state index contributed by atoms with van der Waals surface area (Å²) >= 11 is 6.01. The molecule has 124 valence electrons. The Bertz CT molecular complexity index is 875. The molecule has 0 fully saturated rings. The van der Waals surface area contributed by atoms with Crippen LogP contribution in [-0.4, -0.2) is 5.71 Å². The van der Waals surface area contributed by atoms with Gasteiger partial charge in [-0.25, -0.2) is 0 Å². The minimum atomic E-state index is -0.475. The second-order valence-corrected chi connectivity index (χ2v) is 6.77. The van der Waals surface area contributed by atoms with Crippen molar-refractivity contribution in [3.05, 3.63) is 107 Å². The van der Waals surface area contributed by atoms with E-state index in [-0.39, 0.29) is 0 Å². The quantitative estimate of drug-likeness (QED) is 0.601. The van der Waals surface area contributed by atoms with Gasteiger partial charge in [0.05, 0.1) is 5.71 Å². The molecule has 3 aromatic rings. The van der Waals surface area contributed by atoms with Crippen molar-refractivity contribution in [2.24, 2.45) is 5.16 Å². The molecular weight excluding hydrogens is 330 g/mol. The molecule has 0 spiro atoms. The Labute approximate surface area is 152 Å². The van der Waals surface area contributed by atoms with Gasteiger partial charge in [-0.15, -0.1) is 0 Å². The summed E-state index contributed by atoms with van der Waals surface area (Å²) in [7, 11) is 0. The van der Waals surface area contributed by atoms with Crippen molar-refractivity contribution in [2.45, 2.75) is 18.4 Å². The number of oxime groups is 1. The van der Waals surface area contributed by atoms with Crippen molar-refractivity contribution in [3.63, 3.8) is 0 Å². The van der Waals surface area contributed by atoms with Gasteiger partial charge in [-0.1, -0.05) is 89.6 Å². The highest BCUT2D eigenvalue weighted by Gasteiger charge is 2.41. The van der Waals surface area contributed by atoms with Crippen molar-refractivity contribution >= 4 is 17.3 Å². The summed E-state index contributed by atoms with van der Waals surface area (Å²) in [6.45, 7) is 0. The Morgan fingerprint density at radius 2 is 1.48 bits per heavy atom. The molecule has 0 saturated heterocycles. The van der Waals surface area contributed by atoms with Crippen molar-refractivity contribution in [1.82, 2.24) is 0 Å². The van der Waals surface area contributed by atoms with E-state index in [4.69, 9.17) is 16.4 Å². The highest BCUT2D eigenvalue weighted by Crippen LogP contribution is 2.39. The van der Waals surface area contributed by atoms with Crippen molar-refractivity contribution < 1.29 is 4.84 Å². The molecule has 0 N–H and O–H groups in total. The number of hydrogen-bond donors (Lipinski definition) is 0. The first kappa shape index (κ1) is 15.9. The number of halogens is 1. The standard InChI is InChI=1S/C22H18ClNO/c23-20-13-11-18(12-14-20)21-16-22(25-24-21,19-9-5-2-6-10-19)15-17-7-3-1-4-8-17/h1-14H,15-16H2. The van der Waals surface area contributed by atoms with Crippen LogP contribution in [0.5, 0.6) is 0 Å². The first-order chi connectivity index (χ1) is 12.3. The van der Waals surface area contributed by atoms with Crippen LogP contribution in [0.2, 0.25) is 5.02 Å². The van der Waals surface area contributed by atoms with Crippen LogP contribution in [-0.2, 0) is 16.9 Å². The third-order valence-corrected chi connectivity index (χ3v) is 4.85. The van der Waals surface area contributed by atoms with E-state index < -0.39 is 5.60 Å². The Balaban J connectivity index is 1.68. The van der Waals surface area contributed by atoms with Crippen molar-refractivity contribution in [3.8, 4) is 0 Å². The molecule has 3 heteroatoms. The largest absolute Gasteiger partial charge is 0.383 e. The van der Waals surface area contributed by atoms with Crippen LogP contribution < -0.4 is 0 Å². The van der Waals surface area contributed by atoms with Gasteiger partial charge in [-0.3, -0.25) is 0 Å². The monoisotopic (exact) mass is 347 g/mol. The van der Waals surface area contributed by atoms with E-state index in [1.165, 1.54) is 5.56 Å². The second-order valence-electron chi connectivity index (χ2n) is 6.34. The van der Waals surface area contributed by atoms with E-state index in [1.807, 2.05) is 48.5 Å². The van der Waals surface area contributed by atoms with Crippen LogP contribution in [0, 0.1) is 0 Å². The van der Waals surface area contributed by atoms with E-state index in [1.54, 1.807) is 0 Å². The fourth-order valence-electron chi connectivity index (χ4n) is 3.29. The Kier molecular flexibility index (Phi) is 4.29. The second kappa shape index (κ2) is 6.73. The highest BCUT2D eigenvalue weighted by molar-refractivity contribution is 6.30. The maximum Gasteiger partial charge on any atom is 0.172 e. The smallest absolute Gasteiger partial charge is 0.172 e. The zero-order valence-corrected chi connectivity index (χ0v) is 14.5. The van der Waals surface area contributed by atoms with Crippen LogP contribution in [0.1, 0.15) is 23.1 Å². The first-order valence-electron chi connectivity index (χ1n) is 8.36. The summed E-state index contributed by atoms with van der Waals surface area (Å²) in [5, 5.41) is 5.16. The Hall–Kier alpha value is -2.58. The third-order valence-electron chi connectivity index (χ3n) is 4.59.